The number of hydrogen-bond donors (Lipinski definition) is 0. The summed E-state index contributed by atoms with van der Waals surface area (Å²) in [4.78, 5) is 56.1. The molecule has 3 amide bonds. The van der Waals surface area contributed by atoms with E-state index in [9.17, 15) is 32.3 Å². The summed E-state index contributed by atoms with van der Waals surface area (Å²) in [6.45, 7) is -1.36. The average Bonchev–Trinajstić information content (AvgIpc) is 3.71. The molecule has 7 nitrogen and oxygen atoms in total. The van der Waals surface area contributed by atoms with Crippen LogP contribution in [0.3, 0.4) is 0 Å². The van der Waals surface area contributed by atoms with Crippen molar-refractivity contribution in [1.82, 2.24) is 5.06 Å². The maximum absolute atomic E-state index is 13.1. The van der Waals surface area contributed by atoms with Crippen molar-refractivity contribution < 1.29 is 37.2 Å². The summed E-state index contributed by atoms with van der Waals surface area (Å²) in [5.74, 6) is -3.73. The van der Waals surface area contributed by atoms with E-state index in [0.717, 1.165) is 4.90 Å². The Morgan fingerprint density at radius 1 is 1.03 bits per heavy atom. The lowest BCUT2D eigenvalue weighted by Gasteiger charge is -2.20. The van der Waals surface area contributed by atoms with Gasteiger partial charge in [0.1, 0.15) is 6.54 Å². The van der Waals surface area contributed by atoms with Crippen LogP contribution in [0, 0.1) is 5.92 Å². The lowest BCUT2D eigenvalue weighted by atomic mass is 9.95. The Hall–Kier alpha value is -3.69. The summed E-state index contributed by atoms with van der Waals surface area (Å²) >= 11 is 0. The van der Waals surface area contributed by atoms with Gasteiger partial charge in [0.25, 0.3) is 11.8 Å². The van der Waals surface area contributed by atoms with Crippen LogP contribution in [-0.2, 0) is 19.8 Å². The number of nitrogens with zero attached hydrogens (tertiary/aromatic N) is 2. The van der Waals surface area contributed by atoms with Gasteiger partial charge in [-0.1, -0.05) is 29.3 Å². The predicted octanol–water partition coefficient (Wildman–Crippen LogP) is 3.49. The number of fused-ring (bicyclic) bond motifs is 3. The molecule has 4 aliphatic rings. The van der Waals surface area contributed by atoms with Crippen LogP contribution in [0.1, 0.15) is 57.0 Å². The molecular weight excluding hydrogens is 453 g/mol. The highest BCUT2D eigenvalue weighted by molar-refractivity contribution is 6.21. The first-order valence-electron chi connectivity index (χ1n) is 10.8. The number of benzene rings is 2. The van der Waals surface area contributed by atoms with E-state index >= 15 is 0 Å². The highest BCUT2D eigenvalue weighted by Crippen LogP contribution is 2.59. The molecule has 2 atom stereocenters. The molecule has 2 aromatic carbocycles. The Kier molecular flexibility index (Phi) is 4.10. The molecule has 0 N–H and O–H groups in total. The highest BCUT2D eigenvalue weighted by atomic mass is 19.4. The maximum Gasteiger partial charge on any atom is 0.406 e. The van der Waals surface area contributed by atoms with Gasteiger partial charge in [0.15, 0.2) is 0 Å². The first-order valence-corrected chi connectivity index (χ1v) is 10.8. The number of hydrogen-bond acceptors (Lipinski definition) is 5. The van der Waals surface area contributed by atoms with Crippen molar-refractivity contribution in [2.45, 2.75) is 36.8 Å². The molecule has 0 saturated heterocycles. The topological polar surface area (TPSA) is 84.0 Å². The van der Waals surface area contributed by atoms with Crippen molar-refractivity contribution in [2.24, 2.45) is 5.92 Å². The summed E-state index contributed by atoms with van der Waals surface area (Å²) in [5, 5.41) is 0.450. The normalized spacial score (nSPS) is 23.9. The second-order valence-corrected chi connectivity index (χ2v) is 9.17. The van der Waals surface area contributed by atoms with Crippen LogP contribution < -0.4 is 4.90 Å². The number of carbonyl (C=O) groups excluding carboxylic acids is 4. The Morgan fingerprint density at radius 2 is 1.68 bits per heavy atom. The van der Waals surface area contributed by atoms with Gasteiger partial charge in [-0.15, -0.1) is 0 Å². The Labute approximate surface area is 191 Å². The van der Waals surface area contributed by atoms with Crippen LogP contribution in [0.4, 0.5) is 18.9 Å². The van der Waals surface area contributed by atoms with E-state index in [-0.39, 0.29) is 22.7 Å². The summed E-state index contributed by atoms with van der Waals surface area (Å²) in [6, 6.07) is 11.1. The first kappa shape index (κ1) is 20.9. The van der Waals surface area contributed by atoms with Gasteiger partial charge in [-0.05, 0) is 54.5 Å². The van der Waals surface area contributed by atoms with E-state index in [1.165, 1.54) is 12.1 Å². The Bertz CT molecular complexity index is 1260. The standard InChI is InChI=1S/C24H17F3N2O5/c25-24(26,27)11-28-18-9-12(5-6-17(18)23(7-8-23)22(28)33)15-10-16(15)21(32)34-29-19(30)13-3-1-2-4-14(13)20(29)31/h1-6,9,15-16H,7-8,10-11H2/t15-,16+/m1/s1. The van der Waals surface area contributed by atoms with Crippen LogP contribution in [0.2, 0.25) is 0 Å². The van der Waals surface area contributed by atoms with Crippen LogP contribution >= 0.6 is 0 Å². The maximum atomic E-state index is 13.1. The van der Waals surface area contributed by atoms with E-state index < -0.39 is 47.7 Å². The number of amides is 3. The number of rotatable bonds is 4. The smallest absolute Gasteiger partial charge is 0.329 e. The molecule has 34 heavy (non-hydrogen) atoms. The van der Waals surface area contributed by atoms with E-state index in [1.54, 1.807) is 30.3 Å². The highest BCUT2D eigenvalue weighted by Gasteiger charge is 2.60. The fourth-order valence-electron chi connectivity index (χ4n) is 5.07. The number of imide groups is 1. The van der Waals surface area contributed by atoms with E-state index in [1.807, 2.05) is 0 Å². The molecule has 1 spiro atoms. The van der Waals surface area contributed by atoms with Gasteiger partial charge >= 0.3 is 12.1 Å². The third-order valence-electron chi connectivity index (χ3n) is 7.03. The third kappa shape index (κ3) is 2.97. The minimum atomic E-state index is -4.54. The molecule has 2 fully saturated rings. The van der Waals surface area contributed by atoms with Crippen LogP contribution in [-0.4, -0.2) is 41.5 Å². The molecule has 174 valence electrons. The number of hydroxylamine groups is 2. The van der Waals surface area contributed by atoms with Gasteiger partial charge in [-0.25, -0.2) is 4.79 Å². The fraction of sp³-hybridized carbons (Fsp3) is 0.333. The molecule has 0 radical (unpaired) electrons. The van der Waals surface area contributed by atoms with Crippen LogP contribution in [0.25, 0.3) is 0 Å². The fourth-order valence-corrected chi connectivity index (χ4v) is 5.07. The van der Waals surface area contributed by atoms with Crippen molar-refractivity contribution in [3.63, 3.8) is 0 Å². The molecule has 2 heterocycles. The number of anilines is 1. The summed E-state index contributed by atoms with van der Waals surface area (Å²) in [5.41, 5.74) is 0.880. The van der Waals surface area contributed by atoms with E-state index in [2.05, 4.69) is 0 Å². The molecule has 10 heteroatoms. The number of halogens is 3. The van der Waals surface area contributed by atoms with Crippen molar-refractivity contribution in [2.75, 3.05) is 11.4 Å². The van der Waals surface area contributed by atoms with Gasteiger partial charge in [-0.2, -0.15) is 13.2 Å². The summed E-state index contributed by atoms with van der Waals surface area (Å²) < 4.78 is 39.4. The molecule has 6 rings (SSSR count). The minimum absolute atomic E-state index is 0.148. The monoisotopic (exact) mass is 470 g/mol. The second-order valence-electron chi connectivity index (χ2n) is 9.17. The molecule has 2 aromatic rings. The molecule has 2 aliphatic carbocycles. The quantitative estimate of drug-likeness (QED) is 0.639. The summed E-state index contributed by atoms with van der Waals surface area (Å²) in [6.07, 6.45) is -3.14. The average molecular weight is 470 g/mol. The first-order chi connectivity index (χ1) is 16.1. The predicted molar refractivity (Wildman–Crippen MR) is 110 cm³/mol. The second kappa shape index (κ2) is 6.68. The van der Waals surface area contributed by atoms with Crippen molar-refractivity contribution in [3.8, 4) is 0 Å². The molecule has 0 bridgehead atoms. The largest absolute Gasteiger partial charge is 0.406 e. The zero-order valence-corrected chi connectivity index (χ0v) is 17.6. The zero-order chi connectivity index (χ0) is 24.0. The molecule has 2 saturated carbocycles. The third-order valence-corrected chi connectivity index (χ3v) is 7.03. The minimum Gasteiger partial charge on any atom is -0.329 e. The van der Waals surface area contributed by atoms with Crippen molar-refractivity contribution in [1.29, 1.82) is 0 Å². The Balaban J connectivity index is 1.20. The van der Waals surface area contributed by atoms with Crippen molar-refractivity contribution in [3.05, 3.63) is 64.7 Å². The number of alkyl halides is 3. The molecule has 2 aliphatic heterocycles. The van der Waals surface area contributed by atoms with Gasteiger partial charge in [0.2, 0.25) is 5.91 Å². The lowest BCUT2D eigenvalue weighted by molar-refractivity contribution is -0.170. The molecule has 0 unspecified atom stereocenters. The van der Waals surface area contributed by atoms with Crippen LogP contribution in [0.5, 0.6) is 0 Å². The van der Waals surface area contributed by atoms with Gasteiger partial charge in [0.05, 0.1) is 22.5 Å². The van der Waals surface area contributed by atoms with E-state index in [0.29, 0.717) is 35.5 Å². The lowest BCUT2D eigenvalue weighted by Crippen LogP contribution is -2.39. The van der Waals surface area contributed by atoms with Gasteiger partial charge in [-0.3, -0.25) is 14.4 Å². The SMILES string of the molecule is O=C(ON1C(=O)c2ccccc2C1=O)[C@H]1C[C@@H]1c1ccc2c(c1)N(CC(F)(F)F)C(=O)C21CC1. The van der Waals surface area contributed by atoms with Gasteiger partial charge in [0, 0.05) is 5.69 Å². The van der Waals surface area contributed by atoms with Crippen molar-refractivity contribution >= 4 is 29.4 Å². The number of carbonyl (C=O) groups is 4. The van der Waals surface area contributed by atoms with Gasteiger partial charge < -0.3 is 9.74 Å². The Morgan fingerprint density at radius 3 is 2.26 bits per heavy atom. The zero-order valence-electron chi connectivity index (χ0n) is 17.6. The summed E-state index contributed by atoms with van der Waals surface area (Å²) in [7, 11) is 0. The molecule has 0 aromatic heterocycles. The van der Waals surface area contributed by atoms with Crippen LogP contribution in [0.15, 0.2) is 42.5 Å². The molecular formula is C24H17F3N2O5. The van der Waals surface area contributed by atoms with E-state index in [4.69, 9.17) is 4.84 Å².